The van der Waals surface area contributed by atoms with Crippen molar-refractivity contribution in [2.75, 3.05) is 0 Å². The Morgan fingerprint density at radius 1 is 1.54 bits per heavy atom. The molecule has 1 aromatic carbocycles. The van der Waals surface area contributed by atoms with Crippen molar-refractivity contribution in [1.82, 2.24) is 0 Å². The minimum atomic E-state index is -0.447. The molecule has 0 fully saturated rings. The van der Waals surface area contributed by atoms with E-state index in [0.29, 0.717) is 11.4 Å². The Balaban J connectivity index is 2.43. The molecule has 70 valence electrons. The number of rotatable bonds is 0. The average Bonchev–Trinajstić information content (AvgIpc) is 2.06. The maximum Gasteiger partial charge on any atom is 0.125 e. The lowest BCUT2D eigenvalue weighted by molar-refractivity contribution is 0.0749. The first kappa shape index (κ1) is 8.85. The molecule has 0 saturated carbocycles. The summed E-state index contributed by atoms with van der Waals surface area (Å²) in [6, 6.07) is 5.33. The van der Waals surface area contributed by atoms with E-state index in [1.165, 1.54) is 0 Å². The van der Waals surface area contributed by atoms with Gasteiger partial charge < -0.3 is 9.84 Å². The van der Waals surface area contributed by atoms with Crippen molar-refractivity contribution in [1.29, 1.82) is 0 Å². The summed E-state index contributed by atoms with van der Waals surface area (Å²) in [5, 5.41) is 10.4. The van der Waals surface area contributed by atoms with Crippen LogP contribution in [0.1, 0.15) is 25.0 Å². The molecule has 2 rings (SSSR count). The second kappa shape index (κ2) is 3.20. The fraction of sp³-hybridized carbons (Fsp3) is 0.400. The number of halogens is 1. The minimum Gasteiger partial charge on any atom is -0.490 e. The van der Waals surface area contributed by atoms with Gasteiger partial charge in [0, 0.05) is 17.0 Å². The summed E-state index contributed by atoms with van der Waals surface area (Å²) in [7, 11) is 0. The molecule has 1 aliphatic rings. The molecule has 1 aromatic rings. The molecule has 0 aliphatic carbocycles. The first-order valence-electron chi connectivity index (χ1n) is 4.31. The normalized spacial score (nSPS) is 26.4. The average molecular weight is 199 g/mol. The van der Waals surface area contributed by atoms with Crippen LogP contribution >= 0.6 is 11.6 Å². The van der Waals surface area contributed by atoms with E-state index in [9.17, 15) is 5.11 Å². The number of hydrogen-bond donors (Lipinski definition) is 1. The van der Waals surface area contributed by atoms with E-state index in [1.807, 2.05) is 6.92 Å². The van der Waals surface area contributed by atoms with Gasteiger partial charge in [-0.05, 0) is 25.1 Å². The smallest absolute Gasteiger partial charge is 0.125 e. The first-order valence-corrected chi connectivity index (χ1v) is 4.69. The van der Waals surface area contributed by atoms with Crippen molar-refractivity contribution in [3.05, 3.63) is 28.8 Å². The Labute approximate surface area is 82.1 Å². The zero-order chi connectivity index (χ0) is 9.42. The molecule has 3 heteroatoms. The molecule has 2 nitrogen and oxygen atoms in total. The van der Waals surface area contributed by atoms with Crippen LogP contribution in [-0.4, -0.2) is 11.2 Å². The Morgan fingerprint density at radius 2 is 2.31 bits per heavy atom. The van der Waals surface area contributed by atoms with Gasteiger partial charge in [-0.25, -0.2) is 0 Å². The van der Waals surface area contributed by atoms with Gasteiger partial charge in [-0.2, -0.15) is 0 Å². The number of benzene rings is 1. The van der Waals surface area contributed by atoms with E-state index in [2.05, 4.69) is 0 Å². The van der Waals surface area contributed by atoms with E-state index < -0.39 is 6.10 Å². The third-order valence-electron chi connectivity index (χ3n) is 2.21. The lowest BCUT2D eigenvalue weighted by Crippen LogP contribution is -2.22. The number of hydrogen-bond acceptors (Lipinski definition) is 2. The Morgan fingerprint density at radius 3 is 3.08 bits per heavy atom. The lowest BCUT2D eigenvalue weighted by atomic mass is 10.00. The van der Waals surface area contributed by atoms with Crippen LogP contribution in [-0.2, 0) is 0 Å². The molecule has 0 saturated heterocycles. The van der Waals surface area contributed by atoms with Crippen LogP contribution in [0.5, 0.6) is 5.75 Å². The molecular formula is C10H11ClO2. The number of aliphatic hydroxyl groups is 1. The van der Waals surface area contributed by atoms with Gasteiger partial charge in [0.15, 0.2) is 0 Å². The number of aliphatic hydroxyl groups excluding tert-OH is 1. The van der Waals surface area contributed by atoms with Crippen molar-refractivity contribution in [3.63, 3.8) is 0 Å². The van der Waals surface area contributed by atoms with Crippen molar-refractivity contribution in [2.45, 2.75) is 25.6 Å². The molecule has 0 spiro atoms. The number of fused-ring (bicyclic) bond motifs is 1. The van der Waals surface area contributed by atoms with Crippen LogP contribution in [0.15, 0.2) is 18.2 Å². The van der Waals surface area contributed by atoms with Gasteiger partial charge in [-0.3, -0.25) is 0 Å². The van der Waals surface area contributed by atoms with Gasteiger partial charge >= 0.3 is 0 Å². The highest BCUT2D eigenvalue weighted by molar-refractivity contribution is 6.30. The molecule has 0 radical (unpaired) electrons. The highest BCUT2D eigenvalue weighted by atomic mass is 35.5. The van der Waals surface area contributed by atoms with Gasteiger partial charge in [0.2, 0.25) is 0 Å². The fourth-order valence-electron chi connectivity index (χ4n) is 1.59. The Bertz CT molecular complexity index is 325. The monoisotopic (exact) mass is 198 g/mol. The van der Waals surface area contributed by atoms with Crippen LogP contribution in [0.3, 0.4) is 0 Å². The van der Waals surface area contributed by atoms with Gasteiger partial charge in [-0.1, -0.05) is 11.6 Å². The summed E-state index contributed by atoms with van der Waals surface area (Å²) < 4.78 is 5.54. The first-order chi connectivity index (χ1) is 6.16. The highest BCUT2D eigenvalue weighted by Gasteiger charge is 2.23. The van der Waals surface area contributed by atoms with E-state index >= 15 is 0 Å². The Hall–Kier alpha value is -0.730. The van der Waals surface area contributed by atoms with Gasteiger partial charge in [-0.15, -0.1) is 0 Å². The van der Waals surface area contributed by atoms with Crippen LogP contribution < -0.4 is 4.74 Å². The van der Waals surface area contributed by atoms with Gasteiger partial charge in [0.25, 0.3) is 0 Å². The van der Waals surface area contributed by atoms with Crippen LogP contribution in [0.4, 0.5) is 0 Å². The SMILES string of the molecule is C[C@@H]1C[C@@H](O)c2cc(Cl)ccc2O1. The van der Waals surface area contributed by atoms with Crippen LogP contribution in [0.2, 0.25) is 5.02 Å². The summed E-state index contributed by atoms with van der Waals surface area (Å²) in [5.74, 6) is 0.746. The van der Waals surface area contributed by atoms with Gasteiger partial charge in [0.1, 0.15) is 5.75 Å². The quantitative estimate of drug-likeness (QED) is 0.694. The van der Waals surface area contributed by atoms with Crippen molar-refractivity contribution in [2.24, 2.45) is 0 Å². The lowest BCUT2D eigenvalue weighted by Gasteiger charge is -2.27. The Kier molecular flexibility index (Phi) is 2.18. The topological polar surface area (TPSA) is 29.5 Å². The van der Waals surface area contributed by atoms with Crippen LogP contribution in [0.25, 0.3) is 0 Å². The summed E-state index contributed by atoms with van der Waals surface area (Å²) in [6.07, 6.45) is 0.258. The maximum atomic E-state index is 9.72. The van der Waals surface area contributed by atoms with Crippen molar-refractivity contribution >= 4 is 11.6 Å². The maximum absolute atomic E-state index is 9.72. The predicted octanol–water partition coefficient (Wildman–Crippen LogP) is 2.54. The number of ether oxygens (including phenoxy) is 1. The largest absolute Gasteiger partial charge is 0.490 e. The molecule has 1 heterocycles. The van der Waals surface area contributed by atoms with E-state index in [0.717, 1.165) is 11.3 Å². The van der Waals surface area contributed by atoms with E-state index in [-0.39, 0.29) is 6.10 Å². The molecule has 0 bridgehead atoms. The zero-order valence-corrected chi connectivity index (χ0v) is 8.08. The summed E-state index contributed by atoms with van der Waals surface area (Å²) in [4.78, 5) is 0. The molecule has 0 amide bonds. The van der Waals surface area contributed by atoms with Gasteiger partial charge in [0.05, 0.1) is 12.2 Å². The fourth-order valence-corrected chi connectivity index (χ4v) is 1.77. The summed E-state index contributed by atoms with van der Waals surface area (Å²) >= 11 is 5.81. The third kappa shape index (κ3) is 1.64. The standard InChI is InChI=1S/C10H11ClO2/c1-6-4-9(12)8-5-7(11)2-3-10(8)13-6/h2-3,5-6,9,12H,4H2,1H3/t6-,9-/m1/s1. The second-order valence-corrected chi connectivity index (χ2v) is 3.80. The summed E-state index contributed by atoms with van der Waals surface area (Å²) in [6.45, 7) is 1.95. The predicted molar refractivity (Wildman–Crippen MR) is 51.1 cm³/mol. The van der Waals surface area contributed by atoms with Crippen LogP contribution in [0, 0.1) is 0 Å². The minimum absolute atomic E-state index is 0.0728. The van der Waals surface area contributed by atoms with Crippen molar-refractivity contribution in [3.8, 4) is 5.75 Å². The molecule has 0 unspecified atom stereocenters. The molecule has 1 N–H and O–H groups in total. The zero-order valence-electron chi connectivity index (χ0n) is 7.33. The van der Waals surface area contributed by atoms with Crippen molar-refractivity contribution < 1.29 is 9.84 Å². The van der Waals surface area contributed by atoms with E-state index in [1.54, 1.807) is 18.2 Å². The molecule has 1 aliphatic heterocycles. The summed E-state index contributed by atoms with van der Waals surface area (Å²) in [5.41, 5.74) is 0.797. The second-order valence-electron chi connectivity index (χ2n) is 3.36. The molecular weight excluding hydrogens is 188 g/mol. The molecule has 13 heavy (non-hydrogen) atoms. The third-order valence-corrected chi connectivity index (χ3v) is 2.45. The van der Waals surface area contributed by atoms with E-state index in [4.69, 9.17) is 16.3 Å². The highest BCUT2D eigenvalue weighted by Crippen LogP contribution is 2.35. The molecule has 2 atom stereocenters. The molecule has 0 aromatic heterocycles.